The number of carbonyl (C=O) groups excluding carboxylic acids is 1. The molecule has 1 saturated heterocycles. The first-order valence-corrected chi connectivity index (χ1v) is 8.17. The minimum absolute atomic E-state index is 0.0404. The molecular weight excluding hydrogens is 276 g/mol. The minimum atomic E-state index is -0.154. The maximum atomic E-state index is 12.5. The van der Waals surface area contributed by atoms with Crippen LogP contribution in [0.5, 0.6) is 0 Å². The molecule has 0 bridgehead atoms. The Labute approximate surface area is 133 Å². The highest BCUT2D eigenvalue weighted by atomic mass is 16.5. The normalized spacial score (nSPS) is 24.3. The number of hydrogen-bond donors (Lipinski definition) is 1. The summed E-state index contributed by atoms with van der Waals surface area (Å²) in [4.78, 5) is 14.6. The topological polar surface area (TPSA) is 41.6 Å². The van der Waals surface area contributed by atoms with E-state index in [0.29, 0.717) is 5.92 Å². The number of anilines is 1. The SMILES string of the molecule is CC(C)c1ccc(NC(=O)[C@H](C)N2C[C@@H](C)O[C@H](C)C2)cc1. The molecule has 22 heavy (non-hydrogen) atoms. The van der Waals surface area contributed by atoms with Crippen LogP contribution in [0.1, 0.15) is 46.1 Å². The fraction of sp³-hybridized carbons (Fsp3) is 0.611. The summed E-state index contributed by atoms with van der Waals surface area (Å²) in [6.07, 6.45) is 0.341. The summed E-state index contributed by atoms with van der Waals surface area (Å²) in [7, 11) is 0. The number of carbonyl (C=O) groups is 1. The Bertz CT molecular complexity index is 488. The third-order valence-electron chi connectivity index (χ3n) is 4.22. The first-order chi connectivity index (χ1) is 10.4. The van der Waals surface area contributed by atoms with Crippen LogP contribution in [-0.2, 0) is 9.53 Å². The van der Waals surface area contributed by atoms with Crippen molar-refractivity contribution >= 4 is 11.6 Å². The van der Waals surface area contributed by atoms with E-state index in [0.717, 1.165) is 18.8 Å². The Morgan fingerprint density at radius 2 is 1.68 bits per heavy atom. The zero-order chi connectivity index (χ0) is 16.3. The van der Waals surface area contributed by atoms with Crippen LogP contribution in [0.2, 0.25) is 0 Å². The van der Waals surface area contributed by atoms with E-state index in [1.54, 1.807) is 0 Å². The van der Waals surface area contributed by atoms with Crippen molar-refractivity contribution in [3.63, 3.8) is 0 Å². The van der Waals surface area contributed by atoms with Gasteiger partial charge in [0, 0.05) is 18.8 Å². The Morgan fingerprint density at radius 1 is 1.14 bits per heavy atom. The Morgan fingerprint density at radius 3 is 2.18 bits per heavy atom. The van der Waals surface area contributed by atoms with E-state index in [1.165, 1.54) is 5.56 Å². The van der Waals surface area contributed by atoms with Crippen molar-refractivity contribution in [3.05, 3.63) is 29.8 Å². The van der Waals surface area contributed by atoms with Gasteiger partial charge in [0.05, 0.1) is 18.2 Å². The molecule has 1 aromatic rings. The van der Waals surface area contributed by atoms with Crippen molar-refractivity contribution in [2.75, 3.05) is 18.4 Å². The molecule has 2 rings (SSSR count). The molecule has 0 radical (unpaired) electrons. The van der Waals surface area contributed by atoms with Crippen LogP contribution in [0.4, 0.5) is 5.69 Å². The number of amides is 1. The van der Waals surface area contributed by atoms with E-state index < -0.39 is 0 Å². The van der Waals surface area contributed by atoms with Crippen LogP contribution in [0.15, 0.2) is 24.3 Å². The lowest BCUT2D eigenvalue weighted by atomic mass is 10.0. The fourth-order valence-corrected chi connectivity index (χ4v) is 2.90. The van der Waals surface area contributed by atoms with E-state index in [9.17, 15) is 4.79 Å². The molecule has 4 heteroatoms. The Balaban J connectivity index is 1.96. The number of morpholine rings is 1. The molecule has 1 aromatic carbocycles. The van der Waals surface area contributed by atoms with Gasteiger partial charge in [0.1, 0.15) is 0 Å². The summed E-state index contributed by atoms with van der Waals surface area (Å²) >= 11 is 0. The van der Waals surface area contributed by atoms with Gasteiger partial charge in [-0.25, -0.2) is 0 Å². The van der Waals surface area contributed by atoms with E-state index in [2.05, 4.69) is 50.0 Å². The monoisotopic (exact) mass is 304 g/mol. The molecule has 1 amide bonds. The second-order valence-corrected chi connectivity index (χ2v) is 6.65. The van der Waals surface area contributed by atoms with Crippen LogP contribution < -0.4 is 5.32 Å². The van der Waals surface area contributed by atoms with Crippen molar-refractivity contribution in [2.24, 2.45) is 0 Å². The quantitative estimate of drug-likeness (QED) is 0.928. The van der Waals surface area contributed by atoms with Gasteiger partial charge in [-0.3, -0.25) is 9.69 Å². The third kappa shape index (κ3) is 4.31. The molecular formula is C18H28N2O2. The van der Waals surface area contributed by atoms with Gasteiger partial charge in [-0.1, -0.05) is 26.0 Å². The zero-order valence-corrected chi connectivity index (χ0v) is 14.3. The van der Waals surface area contributed by atoms with Gasteiger partial charge < -0.3 is 10.1 Å². The van der Waals surface area contributed by atoms with Crippen molar-refractivity contribution in [1.82, 2.24) is 4.90 Å². The number of ether oxygens (including phenoxy) is 1. The molecule has 1 heterocycles. The van der Waals surface area contributed by atoms with E-state index in [4.69, 9.17) is 4.74 Å². The molecule has 0 aliphatic carbocycles. The highest BCUT2D eigenvalue weighted by Gasteiger charge is 2.29. The average Bonchev–Trinajstić information content (AvgIpc) is 2.46. The summed E-state index contributed by atoms with van der Waals surface area (Å²) < 4.78 is 5.73. The summed E-state index contributed by atoms with van der Waals surface area (Å²) in [6.45, 7) is 12.0. The van der Waals surface area contributed by atoms with Crippen LogP contribution >= 0.6 is 0 Å². The molecule has 0 unspecified atom stereocenters. The fourth-order valence-electron chi connectivity index (χ4n) is 2.90. The maximum absolute atomic E-state index is 12.5. The predicted molar refractivity (Wildman–Crippen MR) is 90.2 cm³/mol. The molecule has 1 fully saturated rings. The summed E-state index contributed by atoms with van der Waals surface area (Å²) in [6, 6.07) is 7.95. The Kier molecular flexibility index (Phi) is 5.59. The highest BCUT2D eigenvalue weighted by Crippen LogP contribution is 2.18. The van der Waals surface area contributed by atoms with Crippen LogP contribution in [0.3, 0.4) is 0 Å². The number of rotatable bonds is 4. The molecule has 1 aliphatic rings. The molecule has 122 valence electrons. The van der Waals surface area contributed by atoms with Crippen LogP contribution in [-0.4, -0.2) is 42.1 Å². The minimum Gasteiger partial charge on any atom is -0.373 e. The van der Waals surface area contributed by atoms with E-state index in [1.807, 2.05) is 19.1 Å². The van der Waals surface area contributed by atoms with E-state index in [-0.39, 0.29) is 24.2 Å². The molecule has 1 N–H and O–H groups in total. The smallest absolute Gasteiger partial charge is 0.241 e. The van der Waals surface area contributed by atoms with Crippen molar-refractivity contribution in [3.8, 4) is 0 Å². The first-order valence-electron chi connectivity index (χ1n) is 8.17. The molecule has 0 aromatic heterocycles. The van der Waals surface area contributed by atoms with Crippen molar-refractivity contribution in [2.45, 2.75) is 58.8 Å². The van der Waals surface area contributed by atoms with Gasteiger partial charge in [-0.15, -0.1) is 0 Å². The van der Waals surface area contributed by atoms with Crippen molar-refractivity contribution in [1.29, 1.82) is 0 Å². The summed E-state index contributed by atoms with van der Waals surface area (Å²) in [5.74, 6) is 0.540. The zero-order valence-electron chi connectivity index (χ0n) is 14.3. The molecule has 3 atom stereocenters. The number of benzene rings is 1. The first kappa shape index (κ1) is 17.0. The average molecular weight is 304 g/mol. The largest absolute Gasteiger partial charge is 0.373 e. The standard InChI is InChI=1S/C18H28N2O2/c1-12(2)16-6-8-17(9-7-16)19-18(21)15(5)20-10-13(3)22-14(4)11-20/h6-9,12-15H,10-11H2,1-5H3,(H,19,21)/t13-,14-,15+/m1/s1. The Hall–Kier alpha value is -1.39. The van der Waals surface area contributed by atoms with Crippen LogP contribution in [0.25, 0.3) is 0 Å². The lowest BCUT2D eigenvalue weighted by Gasteiger charge is -2.38. The molecule has 1 aliphatic heterocycles. The summed E-state index contributed by atoms with van der Waals surface area (Å²) in [5.41, 5.74) is 2.14. The molecule has 0 spiro atoms. The van der Waals surface area contributed by atoms with Gasteiger partial charge in [0.2, 0.25) is 5.91 Å². The second kappa shape index (κ2) is 7.25. The third-order valence-corrected chi connectivity index (χ3v) is 4.22. The van der Waals surface area contributed by atoms with Crippen molar-refractivity contribution < 1.29 is 9.53 Å². The number of hydrogen-bond acceptors (Lipinski definition) is 3. The van der Waals surface area contributed by atoms with Gasteiger partial charge in [0.25, 0.3) is 0 Å². The lowest BCUT2D eigenvalue weighted by Crippen LogP contribution is -2.52. The number of nitrogens with one attached hydrogen (secondary N) is 1. The van der Waals surface area contributed by atoms with Crippen LogP contribution in [0, 0.1) is 0 Å². The predicted octanol–water partition coefficient (Wildman–Crippen LogP) is 3.25. The summed E-state index contributed by atoms with van der Waals surface area (Å²) in [5, 5.41) is 3.01. The van der Waals surface area contributed by atoms with Gasteiger partial charge in [0.15, 0.2) is 0 Å². The molecule has 0 saturated carbocycles. The maximum Gasteiger partial charge on any atom is 0.241 e. The highest BCUT2D eigenvalue weighted by molar-refractivity contribution is 5.94. The number of nitrogens with zero attached hydrogens (tertiary/aromatic N) is 1. The van der Waals surface area contributed by atoms with E-state index >= 15 is 0 Å². The van der Waals surface area contributed by atoms with Gasteiger partial charge in [-0.2, -0.15) is 0 Å². The van der Waals surface area contributed by atoms with Gasteiger partial charge in [-0.05, 0) is 44.4 Å². The lowest BCUT2D eigenvalue weighted by molar-refractivity contribution is -0.126. The second-order valence-electron chi connectivity index (χ2n) is 6.65. The van der Waals surface area contributed by atoms with Gasteiger partial charge >= 0.3 is 0 Å². The molecule has 4 nitrogen and oxygen atoms in total.